The Morgan fingerprint density at radius 2 is 1.74 bits per heavy atom. The van der Waals surface area contributed by atoms with Crippen molar-refractivity contribution in [2.24, 2.45) is 10.7 Å². The normalized spacial score (nSPS) is 13.5. The maximum Gasteiger partial charge on any atom is 0.416 e. The first-order valence-electron chi connectivity index (χ1n) is 7.20. The molecule has 27 heavy (non-hydrogen) atoms. The maximum atomic E-state index is 12.5. The minimum absolute atomic E-state index is 0. The quantitative estimate of drug-likeness (QED) is 0.349. The van der Waals surface area contributed by atoms with Gasteiger partial charge in [0.2, 0.25) is 5.91 Å². The molecule has 0 radical (unpaired) electrons. The van der Waals surface area contributed by atoms with Gasteiger partial charge >= 0.3 is 12.1 Å². The summed E-state index contributed by atoms with van der Waals surface area (Å²) in [7, 11) is 2.05. The van der Waals surface area contributed by atoms with Crippen molar-refractivity contribution in [3.63, 3.8) is 0 Å². The van der Waals surface area contributed by atoms with E-state index in [0.29, 0.717) is 0 Å². The van der Waals surface area contributed by atoms with E-state index in [-0.39, 0.29) is 23.3 Å². The van der Waals surface area contributed by atoms with Gasteiger partial charge in [-0.05, 0) is 48.9 Å². The van der Waals surface area contributed by atoms with Gasteiger partial charge in [0.1, 0.15) is 6.04 Å². The SMILES string of the molecule is CC(=O)NC(C(=O)O)C(C)(C)SSC(N)=Nc1ccc(C(F)(F)F)cc1.Cl. The number of rotatable bonds is 6. The molecule has 0 bridgehead atoms. The zero-order valence-corrected chi connectivity index (χ0v) is 17.0. The molecule has 0 heterocycles. The Balaban J connectivity index is 0.00000676. The Kier molecular flexibility index (Phi) is 9.50. The van der Waals surface area contributed by atoms with E-state index in [1.807, 2.05) is 0 Å². The number of amides is 1. The highest BCUT2D eigenvalue weighted by Gasteiger charge is 2.37. The first kappa shape index (κ1) is 25.4. The highest BCUT2D eigenvalue weighted by molar-refractivity contribution is 8.82. The van der Waals surface area contributed by atoms with Crippen molar-refractivity contribution < 1.29 is 27.9 Å². The van der Waals surface area contributed by atoms with E-state index in [9.17, 15) is 27.9 Å². The lowest BCUT2D eigenvalue weighted by molar-refractivity contribution is -0.142. The molecule has 0 spiro atoms. The van der Waals surface area contributed by atoms with Crippen molar-refractivity contribution in [1.82, 2.24) is 5.32 Å². The molecule has 0 aliphatic rings. The second-order valence-electron chi connectivity index (χ2n) is 5.74. The molecule has 12 heteroatoms. The summed E-state index contributed by atoms with van der Waals surface area (Å²) in [6, 6.07) is 3.00. The lowest BCUT2D eigenvalue weighted by Gasteiger charge is -2.30. The summed E-state index contributed by atoms with van der Waals surface area (Å²) in [5.41, 5.74) is 5.19. The van der Waals surface area contributed by atoms with Crippen LogP contribution in [0.4, 0.5) is 18.9 Å². The maximum absolute atomic E-state index is 12.5. The molecule has 0 aliphatic heterocycles. The first-order chi connectivity index (χ1) is 11.8. The Morgan fingerprint density at radius 1 is 1.22 bits per heavy atom. The number of hydrogen-bond acceptors (Lipinski definition) is 5. The predicted molar refractivity (Wildman–Crippen MR) is 104 cm³/mol. The van der Waals surface area contributed by atoms with Crippen LogP contribution in [0.1, 0.15) is 26.3 Å². The van der Waals surface area contributed by atoms with Gasteiger partial charge in [-0.3, -0.25) is 4.79 Å². The number of carbonyl (C=O) groups is 2. The second-order valence-corrected chi connectivity index (χ2v) is 8.54. The predicted octanol–water partition coefficient (Wildman–Crippen LogP) is 3.82. The van der Waals surface area contributed by atoms with E-state index in [1.165, 1.54) is 19.1 Å². The van der Waals surface area contributed by atoms with Crippen molar-refractivity contribution in [2.75, 3.05) is 0 Å². The number of alkyl halides is 3. The number of halogens is 4. The van der Waals surface area contributed by atoms with Gasteiger partial charge in [-0.1, -0.05) is 10.8 Å². The largest absolute Gasteiger partial charge is 0.480 e. The Hall–Kier alpha value is -1.59. The lowest BCUT2D eigenvalue weighted by Crippen LogP contribution is -2.51. The number of amidine groups is 1. The molecule has 1 rings (SSSR count). The van der Waals surface area contributed by atoms with E-state index in [0.717, 1.165) is 33.7 Å². The molecule has 1 amide bonds. The highest BCUT2D eigenvalue weighted by Crippen LogP contribution is 2.39. The zero-order chi connectivity index (χ0) is 20.1. The molecule has 1 atom stereocenters. The van der Waals surface area contributed by atoms with Crippen molar-refractivity contribution >= 4 is 56.7 Å². The third-order valence-corrected chi connectivity index (χ3v) is 6.13. The van der Waals surface area contributed by atoms with Gasteiger partial charge in [0, 0.05) is 6.92 Å². The van der Waals surface area contributed by atoms with Crippen LogP contribution in [0.3, 0.4) is 0 Å². The summed E-state index contributed by atoms with van der Waals surface area (Å²) in [5, 5.41) is 11.6. The first-order valence-corrected chi connectivity index (χ1v) is 9.35. The number of carboxylic acids is 1. The van der Waals surface area contributed by atoms with Gasteiger partial charge in [0.15, 0.2) is 5.17 Å². The molecule has 1 unspecified atom stereocenters. The Labute approximate surface area is 168 Å². The molecule has 0 aliphatic carbocycles. The summed E-state index contributed by atoms with van der Waals surface area (Å²) in [6.07, 6.45) is -4.43. The van der Waals surface area contributed by atoms with Gasteiger partial charge in [0.25, 0.3) is 0 Å². The molecule has 0 saturated heterocycles. The number of carboxylic acid groups (broad SMARTS) is 1. The fraction of sp³-hybridized carbons (Fsp3) is 0.400. The molecule has 1 aromatic carbocycles. The van der Waals surface area contributed by atoms with E-state index in [1.54, 1.807) is 13.8 Å². The summed E-state index contributed by atoms with van der Waals surface area (Å²) < 4.78 is 36.6. The van der Waals surface area contributed by atoms with Crippen LogP contribution in [0.5, 0.6) is 0 Å². The van der Waals surface area contributed by atoms with Gasteiger partial charge in [0.05, 0.1) is 16.0 Å². The number of aliphatic imine (C=N–C) groups is 1. The standard InChI is InChI=1S/C15H18F3N3O3S2.ClH/c1-8(22)20-11(12(23)24)14(2,3)26-25-13(19)21-10-6-4-9(5-7-10)15(16,17)18;/h4-7,11H,1-3H3,(H2,19,21)(H,20,22)(H,23,24);1H. The summed E-state index contributed by atoms with van der Waals surface area (Å²) in [5.74, 6) is -1.68. The molecule has 6 nitrogen and oxygen atoms in total. The monoisotopic (exact) mass is 445 g/mol. The Morgan fingerprint density at radius 3 is 2.15 bits per heavy atom. The fourth-order valence-corrected chi connectivity index (χ4v) is 3.80. The van der Waals surface area contributed by atoms with E-state index < -0.39 is 34.4 Å². The van der Waals surface area contributed by atoms with Crippen LogP contribution in [-0.4, -0.2) is 32.9 Å². The van der Waals surface area contributed by atoms with Crippen LogP contribution in [0.2, 0.25) is 0 Å². The van der Waals surface area contributed by atoms with Crippen LogP contribution in [0.25, 0.3) is 0 Å². The molecule has 0 saturated carbocycles. The van der Waals surface area contributed by atoms with Gasteiger partial charge < -0.3 is 16.2 Å². The second kappa shape index (κ2) is 10.1. The topological polar surface area (TPSA) is 105 Å². The van der Waals surface area contributed by atoms with Gasteiger partial charge in [-0.25, -0.2) is 9.79 Å². The molecule has 0 aromatic heterocycles. The fourth-order valence-electron chi connectivity index (χ4n) is 1.81. The van der Waals surface area contributed by atoms with Gasteiger partial charge in [-0.2, -0.15) is 13.2 Å². The average molecular weight is 446 g/mol. The highest BCUT2D eigenvalue weighted by atomic mass is 35.5. The number of nitrogens with one attached hydrogen (secondary N) is 1. The smallest absolute Gasteiger partial charge is 0.416 e. The average Bonchev–Trinajstić information content (AvgIpc) is 2.50. The third-order valence-electron chi connectivity index (χ3n) is 3.07. The lowest BCUT2D eigenvalue weighted by atomic mass is 10.0. The van der Waals surface area contributed by atoms with Crippen molar-refractivity contribution in [3.05, 3.63) is 29.8 Å². The van der Waals surface area contributed by atoms with Gasteiger partial charge in [-0.15, -0.1) is 12.4 Å². The zero-order valence-electron chi connectivity index (χ0n) is 14.5. The number of nitrogens with two attached hydrogens (primary N) is 1. The number of hydrogen-bond donors (Lipinski definition) is 3. The number of aliphatic carboxylic acids is 1. The van der Waals surface area contributed by atoms with Crippen LogP contribution >= 0.6 is 34.0 Å². The minimum atomic E-state index is -4.43. The van der Waals surface area contributed by atoms with Crippen molar-refractivity contribution in [2.45, 2.75) is 37.7 Å². The van der Waals surface area contributed by atoms with E-state index in [2.05, 4.69) is 10.3 Å². The molecule has 0 fully saturated rings. The minimum Gasteiger partial charge on any atom is -0.480 e. The summed E-state index contributed by atoms with van der Waals surface area (Å²) in [4.78, 5) is 26.5. The molecular formula is C15H19ClF3N3O3S2. The van der Waals surface area contributed by atoms with Crippen molar-refractivity contribution in [1.29, 1.82) is 0 Å². The van der Waals surface area contributed by atoms with E-state index in [4.69, 9.17) is 5.73 Å². The van der Waals surface area contributed by atoms with Crippen LogP contribution in [0.15, 0.2) is 29.3 Å². The number of nitrogens with zero attached hydrogens (tertiary/aromatic N) is 1. The molecule has 1 aromatic rings. The van der Waals surface area contributed by atoms with E-state index >= 15 is 0 Å². The summed E-state index contributed by atoms with van der Waals surface area (Å²) in [6.45, 7) is 4.44. The van der Waals surface area contributed by atoms with Crippen LogP contribution < -0.4 is 11.1 Å². The molecular weight excluding hydrogens is 427 g/mol. The number of carbonyl (C=O) groups excluding carboxylic acids is 1. The molecule has 152 valence electrons. The summed E-state index contributed by atoms with van der Waals surface area (Å²) >= 11 is 0. The van der Waals surface area contributed by atoms with Crippen LogP contribution in [0, 0.1) is 0 Å². The van der Waals surface area contributed by atoms with Crippen molar-refractivity contribution in [3.8, 4) is 0 Å². The third kappa shape index (κ3) is 8.31. The molecule has 4 N–H and O–H groups in total. The number of benzene rings is 1. The Bertz CT molecular complexity index is 698. The van der Waals surface area contributed by atoms with Crippen LogP contribution in [-0.2, 0) is 15.8 Å².